The predicted molar refractivity (Wildman–Crippen MR) is 158 cm³/mol. The van der Waals surface area contributed by atoms with Crippen molar-refractivity contribution in [2.24, 2.45) is 0 Å². The molecule has 2 aliphatic rings. The van der Waals surface area contributed by atoms with Crippen LogP contribution in [0.1, 0.15) is 75.9 Å². The van der Waals surface area contributed by atoms with Gasteiger partial charge >= 0.3 is 12.2 Å². The van der Waals surface area contributed by atoms with E-state index >= 15 is 0 Å². The van der Waals surface area contributed by atoms with Crippen LogP contribution in [0.4, 0.5) is 9.59 Å². The Bertz CT molecular complexity index is 1230. The number of methoxy groups -OCH3 is 4. The van der Waals surface area contributed by atoms with E-state index in [0.717, 1.165) is 22.3 Å². The summed E-state index contributed by atoms with van der Waals surface area (Å²) in [5.74, 6) is 2.25. The van der Waals surface area contributed by atoms with Crippen molar-refractivity contribution in [2.75, 3.05) is 41.5 Å². The summed E-state index contributed by atoms with van der Waals surface area (Å²) in [6, 6.07) is 6.43. The molecule has 0 radical (unpaired) electrons. The molecule has 2 aliphatic heterocycles. The van der Waals surface area contributed by atoms with Crippen LogP contribution in [-0.2, 0) is 22.3 Å². The van der Waals surface area contributed by atoms with Gasteiger partial charge in [-0.3, -0.25) is 9.80 Å². The summed E-state index contributed by atoms with van der Waals surface area (Å²) >= 11 is 0. The van der Waals surface area contributed by atoms with E-state index in [4.69, 9.17) is 28.4 Å². The first-order chi connectivity index (χ1) is 19.7. The topological polar surface area (TPSA) is 96.0 Å². The monoisotopic (exact) mass is 584 g/mol. The van der Waals surface area contributed by atoms with E-state index in [9.17, 15) is 9.59 Å². The lowest BCUT2D eigenvalue weighted by atomic mass is 9.80. The molecule has 2 amide bonds. The van der Waals surface area contributed by atoms with Gasteiger partial charge in [0, 0.05) is 13.1 Å². The Kier molecular flexibility index (Phi) is 8.76. The van der Waals surface area contributed by atoms with Crippen molar-refractivity contribution >= 4 is 12.2 Å². The van der Waals surface area contributed by atoms with Crippen LogP contribution in [0, 0.1) is 0 Å². The van der Waals surface area contributed by atoms with Gasteiger partial charge in [-0.25, -0.2) is 9.59 Å². The molecule has 0 saturated heterocycles. The molecule has 230 valence electrons. The first kappa shape index (κ1) is 31.1. The smallest absolute Gasteiger partial charge is 0.410 e. The van der Waals surface area contributed by atoms with E-state index in [2.05, 4.69) is 0 Å². The van der Waals surface area contributed by atoms with Gasteiger partial charge in [0.2, 0.25) is 0 Å². The molecule has 42 heavy (non-hydrogen) atoms. The highest BCUT2D eigenvalue weighted by atomic mass is 16.6. The van der Waals surface area contributed by atoms with Crippen LogP contribution in [0.25, 0.3) is 0 Å². The van der Waals surface area contributed by atoms with Gasteiger partial charge in [-0.1, -0.05) is 0 Å². The third-order valence-corrected chi connectivity index (χ3v) is 7.40. The normalized spacial score (nSPS) is 18.4. The number of hydrogen-bond acceptors (Lipinski definition) is 8. The van der Waals surface area contributed by atoms with Gasteiger partial charge in [-0.15, -0.1) is 0 Å². The largest absolute Gasteiger partial charge is 0.493 e. The lowest BCUT2D eigenvalue weighted by Crippen LogP contribution is -2.52. The molecule has 2 heterocycles. The second kappa shape index (κ2) is 11.8. The summed E-state index contributed by atoms with van der Waals surface area (Å²) in [5, 5.41) is 0. The fraction of sp³-hybridized carbons (Fsp3) is 0.562. The molecule has 0 unspecified atom stereocenters. The Morgan fingerprint density at radius 3 is 1.19 bits per heavy atom. The summed E-state index contributed by atoms with van der Waals surface area (Å²) in [5.41, 5.74) is 2.23. The SMILES string of the molecule is COc1cc2c(cc1OC)[C@@H]([C@@H]1c3cc(OC)c(OC)cc3CCN1C(=O)OC(C)(C)C)N(C(=O)OC(C)(C)C)CC2. The fourth-order valence-corrected chi connectivity index (χ4v) is 5.68. The highest BCUT2D eigenvalue weighted by Gasteiger charge is 2.46. The average Bonchev–Trinajstić information content (AvgIpc) is 2.92. The minimum atomic E-state index is -0.717. The highest BCUT2D eigenvalue weighted by Crippen LogP contribution is 2.50. The van der Waals surface area contributed by atoms with Gasteiger partial charge in [0.15, 0.2) is 23.0 Å². The van der Waals surface area contributed by atoms with E-state index in [1.54, 1.807) is 38.2 Å². The van der Waals surface area contributed by atoms with E-state index in [0.29, 0.717) is 48.9 Å². The molecule has 10 nitrogen and oxygen atoms in total. The average molecular weight is 585 g/mol. The molecule has 0 spiro atoms. The van der Waals surface area contributed by atoms with Gasteiger partial charge in [0.05, 0.1) is 40.5 Å². The number of nitrogens with zero attached hydrogens (tertiary/aromatic N) is 2. The van der Waals surface area contributed by atoms with Gasteiger partial charge in [-0.2, -0.15) is 0 Å². The first-order valence-corrected chi connectivity index (χ1v) is 14.2. The van der Waals surface area contributed by atoms with E-state index in [1.807, 2.05) is 65.8 Å². The van der Waals surface area contributed by atoms with Crippen LogP contribution < -0.4 is 18.9 Å². The molecule has 4 rings (SSSR count). The second-order valence-corrected chi connectivity index (χ2v) is 12.5. The molecule has 2 atom stereocenters. The van der Waals surface area contributed by atoms with Crippen molar-refractivity contribution in [1.29, 1.82) is 0 Å². The maximum atomic E-state index is 13.9. The zero-order chi connectivity index (χ0) is 31.0. The van der Waals surface area contributed by atoms with Crippen molar-refractivity contribution in [3.8, 4) is 23.0 Å². The van der Waals surface area contributed by atoms with Crippen molar-refractivity contribution in [3.05, 3.63) is 46.5 Å². The van der Waals surface area contributed by atoms with Crippen LogP contribution in [0.3, 0.4) is 0 Å². The van der Waals surface area contributed by atoms with Crippen molar-refractivity contribution < 1.29 is 38.0 Å². The molecule has 10 heteroatoms. The molecule has 2 aromatic rings. The first-order valence-electron chi connectivity index (χ1n) is 14.2. The summed E-state index contributed by atoms with van der Waals surface area (Å²) in [4.78, 5) is 31.2. The summed E-state index contributed by atoms with van der Waals surface area (Å²) in [7, 11) is 6.35. The zero-order valence-corrected chi connectivity index (χ0v) is 26.5. The Morgan fingerprint density at radius 1 is 0.595 bits per heavy atom. The number of benzene rings is 2. The van der Waals surface area contributed by atoms with Crippen LogP contribution in [0.5, 0.6) is 23.0 Å². The summed E-state index contributed by atoms with van der Waals surface area (Å²) in [6.45, 7) is 11.8. The maximum Gasteiger partial charge on any atom is 0.410 e. The minimum Gasteiger partial charge on any atom is -0.493 e. The molecule has 0 N–H and O–H groups in total. The van der Waals surface area contributed by atoms with E-state index in [1.165, 1.54) is 0 Å². The van der Waals surface area contributed by atoms with E-state index < -0.39 is 35.5 Å². The van der Waals surface area contributed by atoms with Crippen LogP contribution in [0.2, 0.25) is 0 Å². The van der Waals surface area contributed by atoms with Crippen LogP contribution in [0.15, 0.2) is 24.3 Å². The third kappa shape index (κ3) is 6.32. The maximum absolute atomic E-state index is 13.9. The highest BCUT2D eigenvalue weighted by molar-refractivity contribution is 5.73. The number of carbonyl (C=O) groups excluding carboxylic acids is 2. The summed E-state index contributed by atoms with van der Waals surface area (Å²) < 4.78 is 34.4. The lowest BCUT2D eigenvalue weighted by Gasteiger charge is -2.48. The zero-order valence-electron chi connectivity index (χ0n) is 26.5. The molecule has 0 bridgehead atoms. The third-order valence-electron chi connectivity index (χ3n) is 7.40. The lowest BCUT2D eigenvalue weighted by molar-refractivity contribution is -0.0168. The Morgan fingerprint density at radius 2 is 0.905 bits per heavy atom. The van der Waals surface area contributed by atoms with Crippen LogP contribution in [-0.4, -0.2) is 74.7 Å². The number of fused-ring (bicyclic) bond motifs is 2. The predicted octanol–water partition coefficient (Wildman–Crippen LogP) is 6.09. The second-order valence-electron chi connectivity index (χ2n) is 12.5. The molecular weight excluding hydrogens is 540 g/mol. The number of ether oxygens (including phenoxy) is 6. The Hall–Kier alpha value is -3.82. The van der Waals surface area contributed by atoms with Gasteiger partial charge < -0.3 is 28.4 Å². The van der Waals surface area contributed by atoms with Crippen molar-refractivity contribution in [1.82, 2.24) is 9.80 Å². The molecule has 0 saturated carbocycles. The molecule has 0 aromatic heterocycles. The number of hydrogen-bond donors (Lipinski definition) is 0. The van der Waals surface area contributed by atoms with Crippen molar-refractivity contribution in [2.45, 2.75) is 77.7 Å². The number of rotatable bonds is 5. The Labute approximate surface area is 248 Å². The van der Waals surface area contributed by atoms with E-state index in [-0.39, 0.29) is 0 Å². The number of amides is 2. The Balaban J connectivity index is 1.99. The standard InChI is InChI=1S/C32H44N2O8/c1-31(2,3)41-29(35)33-13-11-19-15-23(37-7)25(39-9)17-21(19)27(33)28-22-18-26(40-10)24(38-8)16-20(22)12-14-34(28)30(36)42-32(4,5)6/h15-18,27-28H,11-14H2,1-10H3/t27-,28-/m0/s1. The van der Waals surface area contributed by atoms with Crippen LogP contribution >= 0.6 is 0 Å². The quantitative estimate of drug-likeness (QED) is 0.417. The number of carbonyl (C=O) groups is 2. The molecule has 0 aliphatic carbocycles. The van der Waals surface area contributed by atoms with Gasteiger partial charge in [0.25, 0.3) is 0 Å². The summed E-state index contributed by atoms with van der Waals surface area (Å²) in [6.07, 6.45) is 0.210. The fourth-order valence-electron chi connectivity index (χ4n) is 5.68. The molecule has 2 aromatic carbocycles. The van der Waals surface area contributed by atoms with Crippen molar-refractivity contribution in [3.63, 3.8) is 0 Å². The molecule has 0 fully saturated rings. The molecular formula is C32H44N2O8. The van der Waals surface area contributed by atoms with Gasteiger partial charge in [0.1, 0.15) is 11.2 Å². The minimum absolute atomic E-state index is 0.378. The van der Waals surface area contributed by atoms with Gasteiger partial charge in [-0.05, 0) is 101 Å².